The maximum Gasteiger partial charge on any atom is 0.225 e. The molecule has 0 unspecified atom stereocenters. The van der Waals surface area contributed by atoms with E-state index in [4.69, 9.17) is 0 Å². The van der Waals surface area contributed by atoms with Crippen molar-refractivity contribution < 1.29 is 0 Å². The lowest BCUT2D eigenvalue weighted by Gasteiger charge is -2.22. The van der Waals surface area contributed by atoms with Crippen LogP contribution in [-0.2, 0) is 0 Å². The first kappa shape index (κ1) is 11.7. The Morgan fingerprint density at radius 2 is 1.94 bits per heavy atom. The first-order valence-corrected chi connectivity index (χ1v) is 7.44. The van der Waals surface area contributed by atoms with E-state index < -0.39 is 0 Å². The predicted octanol–water partition coefficient (Wildman–Crippen LogP) is 3.11. The fourth-order valence-corrected chi connectivity index (χ4v) is 3.23. The molecule has 0 amide bonds. The summed E-state index contributed by atoms with van der Waals surface area (Å²) in [4.78, 5) is 12.7. The van der Waals surface area contributed by atoms with Gasteiger partial charge in [-0.1, -0.05) is 12.8 Å². The highest BCUT2D eigenvalue weighted by molar-refractivity contribution is 7.16. The number of anilines is 2. The molecule has 1 aliphatic heterocycles. The number of hydrogen-bond donors (Lipinski definition) is 1. The summed E-state index contributed by atoms with van der Waals surface area (Å²) < 4.78 is 0. The molecule has 0 atom stereocenters. The summed E-state index contributed by atoms with van der Waals surface area (Å²) in [6.07, 6.45) is 5.22. The van der Waals surface area contributed by atoms with Crippen LogP contribution in [0.15, 0.2) is 11.4 Å². The van der Waals surface area contributed by atoms with Gasteiger partial charge in [-0.15, -0.1) is 11.3 Å². The molecule has 18 heavy (non-hydrogen) atoms. The van der Waals surface area contributed by atoms with Gasteiger partial charge in [-0.05, 0) is 24.3 Å². The molecular weight excluding hydrogens is 244 g/mol. The van der Waals surface area contributed by atoms with Crippen molar-refractivity contribution in [1.82, 2.24) is 9.97 Å². The number of rotatable bonds is 2. The van der Waals surface area contributed by atoms with Crippen molar-refractivity contribution in [3.63, 3.8) is 0 Å². The Kier molecular flexibility index (Phi) is 3.32. The van der Waals surface area contributed by atoms with Crippen molar-refractivity contribution in [1.29, 1.82) is 0 Å². The van der Waals surface area contributed by atoms with Gasteiger partial charge in [0.1, 0.15) is 10.6 Å². The molecule has 2 aromatic rings. The predicted molar refractivity (Wildman–Crippen MR) is 77.6 cm³/mol. The molecule has 0 aromatic carbocycles. The van der Waals surface area contributed by atoms with Crippen molar-refractivity contribution in [2.45, 2.75) is 25.7 Å². The van der Waals surface area contributed by atoms with Crippen LogP contribution in [0, 0.1) is 0 Å². The van der Waals surface area contributed by atoms with Gasteiger partial charge in [0.2, 0.25) is 5.95 Å². The van der Waals surface area contributed by atoms with Crippen LogP contribution in [0.1, 0.15) is 25.7 Å². The largest absolute Gasteiger partial charge is 0.357 e. The Morgan fingerprint density at radius 1 is 1.17 bits per heavy atom. The molecule has 0 saturated carbocycles. The molecule has 4 nitrogen and oxygen atoms in total. The summed E-state index contributed by atoms with van der Waals surface area (Å²) in [6, 6.07) is 2.14. The minimum atomic E-state index is 0.726. The van der Waals surface area contributed by atoms with Crippen molar-refractivity contribution in [2.24, 2.45) is 0 Å². The van der Waals surface area contributed by atoms with Crippen LogP contribution >= 0.6 is 11.3 Å². The average molecular weight is 262 g/mol. The number of aromatic nitrogens is 2. The molecule has 96 valence electrons. The first-order chi connectivity index (χ1) is 8.88. The summed E-state index contributed by atoms with van der Waals surface area (Å²) in [5, 5.41) is 6.35. The highest BCUT2D eigenvalue weighted by Gasteiger charge is 2.16. The zero-order chi connectivity index (χ0) is 12.4. The third kappa shape index (κ3) is 2.14. The Morgan fingerprint density at radius 3 is 2.67 bits per heavy atom. The van der Waals surface area contributed by atoms with Gasteiger partial charge in [0.05, 0.1) is 5.39 Å². The molecule has 1 aliphatic rings. The van der Waals surface area contributed by atoms with E-state index in [0.717, 1.165) is 29.7 Å². The topological polar surface area (TPSA) is 41.1 Å². The van der Waals surface area contributed by atoms with E-state index >= 15 is 0 Å². The second kappa shape index (κ2) is 5.10. The van der Waals surface area contributed by atoms with Crippen molar-refractivity contribution in [3.05, 3.63) is 11.4 Å². The minimum absolute atomic E-state index is 0.726. The number of fused-ring (bicyclic) bond motifs is 1. The Hall–Kier alpha value is -1.36. The number of hydrogen-bond acceptors (Lipinski definition) is 5. The van der Waals surface area contributed by atoms with Crippen LogP contribution in [0.4, 0.5) is 11.8 Å². The quantitative estimate of drug-likeness (QED) is 0.903. The lowest BCUT2D eigenvalue weighted by atomic mass is 10.2. The van der Waals surface area contributed by atoms with E-state index in [9.17, 15) is 0 Å². The molecular formula is C13H18N4S. The second-order valence-corrected chi connectivity index (χ2v) is 5.56. The van der Waals surface area contributed by atoms with Gasteiger partial charge in [-0.3, -0.25) is 0 Å². The summed E-state index contributed by atoms with van der Waals surface area (Å²) in [5.74, 6) is 1.83. The lowest BCUT2D eigenvalue weighted by Crippen LogP contribution is -2.25. The zero-order valence-corrected chi connectivity index (χ0v) is 11.5. The maximum absolute atomic E-state index is 4.67. The monoisotopic (exact) mass is 262 g/mol. The summed E-state index contributed by atoms with van der Waals surface area (Å²) in [7, 11) is 1.88. The Labute approximate surface area is 111 Å². The highest BCUT2D eigenvalue weighted by atomic mass is 32.1. The van der Waals surface area contributed by atoms with Gasteiger partial charge in [0, 0.05) is 20.1 Å². The summed E-state index contributed by atoms with van der Waals surface area (Å²) >= 11 is 1.68. The van der Waals surface area contributed by atoms with E-state index in [2.05, 4.69) is 31.6 Å². The van der Waals surface area contributed by atoms with Crippen LogP contribution < -0.4 is 10.2 Å². The fourth-order valence-electron chi connectivity index (χ4n) is 2.48. The van der Waals surface area contributed by atoms with E-state index in [0.29, 0.717) is 0 Å². The summed E-state index contributed by atoms with van der Waals surface area (Å²) in [6.45, 7) is 2.23. The number of thiophene rings is 1. The van der Waals surface area contributed by atoms with Crippen LogP contribution in [0.2, 0.25) is 0 Å². The average Bonchev–Trinajstić information content (AvgIpc) is 2.70. The normalized spacial score (nSPS) is 16.8. The standard InChI is InChI=1S/C13H18N4S/c1-14-13-15-11(10-6-9-18-12(10)16-13)17-7-4-2-3-5-8-17/h6,9H,2-5,7-8H2,1H3,(H,14,15,16). The molecule has 1 fully saturated rings. The van der Waals surface area contributed by atoms with E-state index in [1.54, 1.807) is 11.3 Å². The Bertz CT molecular complexity index is 529. The molecule has 3 rings (SSSR count). The molecule has 1 saturated heterocycles. The van der Waals surface area contributed by atoms with Crippen molar-refractivity contribution >= 4 is 33.3 Å². The fraction of sp³-hybridized carbons (Fsp3) is 0.538. The van der Waals surface area contributed by atoms with Crippen LogP contribution in [-0.4, -0.2) is 30.1 Å². The third-order valence-corrected chi connectivity index (χ3v) is 4.24. The maximum atomic E-state index is 4.67. The number of nitrogens with zero attached hydrogens (tertiary/aromatic N) is 3. The highest BCUT2D eigenvalue weighted by Crippen LogP contribution is 2.30. The SMILES string of the molecule is CNc1nc(N2CCCCCC2)c2ccsc2n1. The smallest absolute Gasteiger partial charge is 0.225 e. The van der Waals surface area contributed by atoms with Crippen molar-refractivity contribution in [3.8, 4) is 0 Å². The third-order valence-electron chi connectivity index (χ3n) is 3.43. The molecule has 3 heterocycles. The Balaban J connectivity index is 2.04. The molecule has 5 heteroatoms. The second-order valence-electron chi connectivity index (χ2n) is 4.66. The summed E-state index contributed by atoms with van der Waals surface area (Å²) in [5.41, 5.74) is 0. The van der Waals surface area contributed by atoms with Gasteiger partial charge in [0.15, 0.2) is 0 Å². The molecule has 1 N–H and O–H groups in total. The van der Waals surface area contributed by atoms with Gasteiger partial charge in [-0.25, -0.2) is 4.98 Å². The lowest BCUT2D eigenvalue weighted by molar-refractivity contribution is 0.726. The van der Waals surface area contributed by atoms with Crippen LogP contribution in [0.25, 0.3) is 10.2 Å². The molecule has 0 spiro atoms. The van der Waals surface area contributed by atoms with E-state index in [1.807, 2.05) is 7.05 Å². The van der Waals surface area contributed by atoms with Gasteiger partial charge in [0.25, 0.3) is 0 Å². The molecule has 2 aromatic heterocycles. The molecule has 0 bridgehead atoms. The van der Waals surface area contributed by atoms with Crippen molar-refractivity contribution in [2.75, 3.05) is 30.4 Å². The van der Waals surface area contributed by atoms with Crippen LogP contribution in [0.5, 0.6) is 0 Å². The molecule has 0 aliphatic carbocycles. The number of nitrogens with one attached hydrogen (secondary N) is 1. The van der Waals surface area contributed by atoms with Gasteiger partial charge >= 0.3 is 0 Å². The zero-order valence-electron chi connectivity index (χ0n) is 10.6. The molecule has 0 radical (unpaired) electrons. The first-order valence-electron chi connectivity index (χ1n) is 6.56. The van der Waals surface area contributed by atoms with Gasteiger partial charge < -0.3 is 10.2 Å². The van der Waals surface area contributed by atoms with E-state index in [-0.39, 0.29) is 0 Å². The minimum Gasteiger partial charge on any atom is -0.357 e. The van der Waals surface area contributed by atoms with Gasteiger partial charge in [-0.2, -0.15) is 4.98 Å². The van der Waals surface area contributed by atoms with Crippen LogP contribution in [0.3, 0.4) is 0 Å². The van der Waals surface area contributed by atoms with E-state index in [1.165, 1.54) is 31.1 Å².